The normalized spacial score (nSPS) is 12.4. The average molecular weight is 549 g/mol. The highest BCUT2D eigenvalue weighted by atomic mass is 32.2. The second-order valence-electron chi connectivity index (χ2n) is 8.61. The molecule has 0 saturated heterocycles. The fourth-order valence-corrected chi connectivity index (χ4v) is 4.96. The molecular formula is C28H24N2O8S. The summed E-state index contributed by atoms with van der Waals surface area (Å²) >= 11 is 0. The van der Waals surface area contributed by atoms with E-state index in [9.17, 15) is 18.0 Å². The minimum absolute atomic E-state index is 0.0141. The number of carbonyl (C=O) groups is 2. The fraction of sp³-hybridized carbons (Fsp3) is 0.143. The molecule has 3 aromatic carbocycles. The molecule has 11 heteroatoms. The summed E-state index contributed by atoms with van der Waals surface area (Å²) in [6, 6.07) is 19.5. The molecule has 2 N–H and O–H groups in total. The van der Waals surface area contributed by atoms with Gasteiger partial charge in [-0.05, 0) is 55.5 Å². The van der Waals surface area contributed by atoms with Gasteiger partial charge in [0.05, 0.1) is 36.1 Å². The molecule has 5 aromatic rings. The van der Waals surface area contributed by atoms with E-state index in [1.807, 2.05) is 24.3 Å². The molecular weight excluding hydrogens is 524 g/mol. The van der Waals surface area contributed by atoms with Gasteiger partial charge in [0.1, 0.15) is 22.7 Å². The summed E-state index contributed by atoms with van der Waals surface area (Å²) in [5, 5.41) is 4.46. The van der Waals surface area contributed by atoms with Crippen LogP contribution >= 0.6 is 0 Å². The predicted octanol–water partition coefficient (Wildman–Crippen LogP) is 4.85. The number of esters is 1. The summed E-state index contributed by atoms with van der Waals surface area (Å²) in [6.07, 6.45) is 0.285. The molecule has 10 nitrogen and oxygen atoms in total. The van der Waals surface area contributed by atoms with E-state index in [1.165, 1.54) is 44.6 Å². The van der Waals surface area contributed by atoms with Crippen molar-refractivity contribution in [3.8, 4) is 5.75 Å². The molecule has 1 atom stereocenters. The molecule has 39 heavy (non-hydrogen) atoms. The number of para-hydroxylation sites is 1. The molecule has 1 amide bonds. The Kier molecular flexibility index (Phi) is 7.09. The zero-order valence-corrected chi connectivity index (χ0v) is 21.8. The van der Waals surface area contributed by atoms with Gasteiger partial charge in [-0.1, -0.05) is 18.2 Å². The minimum Gasteiger partial charge on any atom is -0.495 e. The largest absolute Gasteiger partial charge is 0.495 e. The minimum atomic E-state index is -3.83. The average Bonchev–Trinajstić information content (AvgIpc) is 3.59. The van der Waals surface area contributed by atoms with E-state index >= 15 is 0 Å². The van der Waals surface area contributed by atoms with Crippen LogP contribution in [0.2, 0.25) is 0 Å². The van der Waals surface area contributed by atoms with Gasteiger partial charge in [-0.3, -0.25) is 4.79 Å². The summed E-state index contributed by atoms with van der Waals surface area (Å²) in [6.45, 7) is 1.41. The number of methoxy groups -OCH3 is 1. The molecule has 2 aromatic heterocycles. The van der Waals surface area contributed by atoms with Gasteiger partial charge in [-0.15, -0.1) is 0 Å². The second-order valence-corrected chi connectivity index (χ2v) is 10.4. The highest BCUT2D eigenvalue weighted by Crippen LogP contribution is 2.36. The van der Waals surface area contributed by atoms with Crippen LogP contribution in [-0.4, -0.2) is 33.5 Å². The van der Waals surface area contributed by atoms with Crippen LogP contribution in [-0.2, 0) is 26.1 Å². The quantitative estimate of drug-likeness (QED) is 0.250. The van der Waals surface area contributed by atoms with Crippen molar-refractivity contribution in [2.24, 2.45) is 0 Å². The van der Waals surface area contributed by atoms with Crippen molar-refractivity contribution in [3.63, 3.8) is 0 Å². The molecule has 0 unspecified atom stereocenters. The Hall–Kier alpha value is -4.61. The summed E-state index contributed by atoms with van der Waals surface area (Å²) in [4.78, 5) is 25.4. The van der Waals surface area contributed by atoms with Crippen LogP contribution in [0.5, 0.6) is 5.75 Å². The van der Waals surface area contributed by atoms with Crippen LogP contribution < -0.4 is 14.8 Å². The highest BCUT2D eigenvalue weighted by molar-refractivity contribution is 7.89. The molecule has 0 spiro atoms. The van der Waals surface area contributed by atoms with E-state index in [2.05, 4.69) is 10.0 Å². The first-order valence-electron chi connectivity index (χ1n) is 11.9. The first-order valence-corrected chi connectivity index (χ1v) is 13.4. The van der Waals surface area contributed by atoms with Crippen LogP contribution in [0.3, 0.4) is 0 Å². The van der Waals surface area contributed by atoms with Crippen molar-refractivity contribution in [2.45, 2.75) is 24.5 Å². The van der Waals surface area contributed by atoms with E-state index in [4.69, 9.17) is 18.3 Å². The number of ether oxygens (including phenoxy) is 2. The Morgan fingerprint density at radius 2 is 1.72 bits per heavy atom. The molecule has 0 radical (unpaired) electrons. The monoisotopic (exact) mass is 548 g/mol. The van der Waals surface area contributed by atoms with Crippen molar-refractivity contribution in [3.05, 3.63) is 90.4 Å². The Balaban J connectivity index is 1.24. The molecule has 2 heterocycles. The topological polar surface area (TPSA) is 137 Å². The Bertz CT molecular complexity index is 1760. The van der Waals surface area contributed by atoms with Gasteiger partial charge in [0.2, 0.25) is 10.0 Å². The number of furan rings is 2. The third-order valence-corrected chi connectivity index (χ3v) is 7.44. The Morgan fingerprint density at radius 1 is 0.949 bits per heavy atom. The van der Waals surface area contributed by atoms with E-state index in [1.54, 1.807) is 24.3 Å². The zero-order chi connectivity index (χ0) is 27.6. The molecule has 0 aliphatic rings. The van der Waals surface area contributed by atoms with E-state index < -0.39 is 28.0 Å². The number of carbonyl (C=O) groups excluding carboxylic acids is 2. The van der Waals surface area contributed by atoms with E-state index in [-0.39, 0.29) is 17.0 Å². The molecule has 5 rings (SSSR count). The predicted molar refractivity (Wildman–Crippen MR) is 143 cm³/mol. The molecule has 0 aliphatic carbocycles. The number of rotatable bonds is 9. The number of amides is 1. The van der Waals surface area contributed by atoms with Crippen LogP contribution in [0.4, 0.5) is 5.69 Å². The van der Waals surface area contributed by atoms with Gasteiger partial charge in [0.15, 0.2) is 6.10 Å². The van der Waals surface area contributed by atoms with Gasteiger partial charge in [-0.2, -0.15) is 0 Å². The number of sulfonamides is 1. The van der Waals surface area contributed by atoms with Crippen LogP contribution in [0, 0.1) is 0 Å². The standard InChI is InChI=1S/C28H24N2O8S/c1-17(27(31)30-23-15-25-22(14-26(23)35-2)21-7-3-4-8-24(21)38-25)37-28(32)18-9-11-20(12-10-18)39(33,34)29-16-19-6-5-13-36-19/h3-15,17,29H,16H2,1-2H3,(H,30,31)/t17-/m1/s1. The smallest absolute Gasteiger partial charge is 0.338 e. The van der Waals surface area contributed by atoms with Gasteiger partial charge in [0.25, 0.3) is 5.91 Å². The molecule has 0 fully saturated rings. The lowest BCUT2D eigenvalue weighted by Gasteiger charge is -2.15. The van der Waals surface area contributed by atoms with Crippen molar-refractivity contribution in [1.29, 1.82) is 0 Å². The van der Waals surface area contributed by atoms with Crippen LogP contribution in [0.25, 0.3) is 21.9 Å². The summed E-state index contributed by atoms with van der Waals surface area (Å²) in [5.74, 6) is -0.497. The molecule has 0 saturated carbocycles. The number of benzene rings is 3. The van der Waals surface area contributed by atoms with Crippen molar-refractivity contribution in [1.82, 2.24) is 4.72 Å². The first-order chi connectivity index (χ1) is 18.7. The molecule has 0 aliphatic heterocycles. The summed E-state index contributed by atoms with van der Waals surface area (Å²) in [5.41, 5.74) is 1.70. The van der Waals surface area contributed by atoms with Crippen LogP contribution in [0.15, 0.2) is 92.8 Å². The van der Waals surface area contributed by atoms with E-state index in [0.29, 0.717) is 28.4 Å². The fourth-order valence-electron chi connectivity index (χ4n) is 3.97. The lowest BCUT2D eigenvalue weighted by atomic mass is 10.1. The summed E-state index contributed by atoms with van der Waals surface area (Å²) in [7, 11) is -2.34. The number of anilines is 1. The third kappa shape index (κ3) is 5.49. The van der Waals surface area contributed by atoms with Crippen molar-refractivity contribution in [2.75, 3.05) is 12.4 Å². The lowest BCUT2D eigenvalue weighted by Crippen LogP contribution is -2.30. The van der Waals surface area contributed by atoms with Crippen molar-refractivity contribution < 1.29 is 36.3 Å². The highest BCUT2D eigenvalue weighted by Gasteiger charge is 2.22. The van der Waals surface area contributed by atoms with Crippen LogP contribution in [0.1, 0.15) is 23.0 Å². The number of fused-ring (bicyclic) bond motifs is 3. The van der Waals surface area contributed by atoms with E-state index in [0.717, 1.165) is 10.8 Å². The summed E-state index contributed by atoms with van der Waals surface area (Å²) < 4.78 is 49.2. The van der Waals surface area contributed by atoms with Gasteiger partial charge in [-0.25, -0.2) is 17.9 Å². The number of nitrogens with one attached hydrogen (secondary N) is 2. The van der Waals surface area contributed by atoms with Gasteiger partial charge >= 0.3 is 5.97 Å². The second kappa shape index (κ2) is 10.6. The van der Waals surface area contributed by atoms with Gasteiger partial charge in [0, 0.05) is 16.8 Å². The first kappa shape index (κ1) is 26.0. The Labute approximate surface area is 223 Å². The lowest BCUT2D eigenvalue weighted by molar-refractivity contribution is -0.123. The third-order valence-electron chi connectivity index (χ3n) is 6.03. The SMILES string of the molecule is COc1cc2c(cc1NC(=O)[C@@H](C)OC(=O)c1ccc(S(=O)(=O)NCc3ccco3)cc1)oc1ccccc12. The molecule has 0 bridgehead atoms. The maximum absolute atomic E-state index is 12.8. The maximum Gasteiger partial charge on any atom is 0.338 e. The number of hydrogen-bond donors (Lipinski definition) is 2. The zero-order valence-electron chi connectivity index (χ0n) is 21.0. The van der Waals surface area contributed by atoms with Gasteiger partial charge < -0.3 is 23.6 Å². The van der Waals surface area contributed by atoms with Crippen molar-refractivity contribution >= 4 is 49.5 Å². The number of hydrogen-bond acceptors (Lipinski definition) is 8. The maximum atomic E-state index is 12.8. The Morgan fingerprint density at radius 3 is 2.44 bits per heavy atom. The molecule has 200 valence electrons.